The summed E-state index contributed by atoms with van der Waals surface area (Å²) in [5.41, 5.74) is 7.15. The Balaban J connectivity index is 1.64. The smallest absolute Gasteiger partial charge is 0.173 e. The zero-order valence-electron chi connectivity index (χ0n) is 17.8. The number of Topliss-reactive ketones (excluding diaryl/α,β-unsaturated/α-hetero) is 1. The summed E-state index contributed by atoms with van der Waals surface area (Å²) in [5, 5.41) is 8.76. The van der Waals surface area contributed by atoms with E-state index < -0.39 is 11.6 Å². The second-order valence-electron chi connectivity index (χ2n) is 9.91. The van der Waals surface area contributed by atoms with Gasteiger partial charge in [0.1, 0.15) is 13.7 Å². The highest BCUT2D eigenvalue weighted by Crippen LogP contribution is 2.64. The molecule has 4 fully saturated rings. The van der Waals surface area contributed by atoms with Gasteiger partial charge in [-0.15, -0.1) is 0 Å². The zero-order valence-corrected chi connectivity index (χ0v) is 17.8. The minimum absolute atomic E-state index is 0.0615. The fourth-order valence-corrected chi connectivity index (χ4v) is 7.11. The minimum atomic E-state index is -1.30. The van der Waals surface area contributed by atoms with Gasteiger partial charge in [0.15, 0.2) is 12.0 Å². The standard InChI is InChI=1S/C22H34FN3O3/c1-21-6-4-13(25-29-9-8-24)10-17(21)19(26-28-3)11-14-15(21)5-7-22(2)16(14)12-18(23)20(22)27/h14-18H,4-12,24H2,1-3H3/t14?,15?,16?,17?,18?,21-,22+/m1/s1. The largest absolute Gasteiger partial charge is 0.399 e. The van der Waals surface area contributed by atoms with Crippen molar-refractivity contribution in [1.82, 2.24) is 0 Å². The molecule has 7 heteroatoms. The van der Waals surface area contributed by atoms with Crippen LogP contribution in [0.5, 0.6) is 0 Å². The van der Waals surface area contributed by atoms with Gasteiger partial charge in [-0.1, -0.05) is 24.2 Å². The number of hydrogen-bond acceptors (Lipinski definition) is 6. The van der Waals surface area contributed by atoms with Crippen molar-refractivity contribution in [2.75, 3.05) is 20.3 Å². The molecule has 0 bridgehead atoms. The van der Waals surface area contributed by atoms with E-state index in [1.807, 2.05) is 6.92 Å². The van der Waals surface area contributed by atoms with Gasteiger partial charge in [-0.3, -0.25) is 4.79 Å². The highest BCUT2D eigenvalue weighted by atomic mass is 19.1. The first-order chi connectivity index (χ1) is 13.8. The highest BCUT2D eigenvalue weighted by molar-refractivity contribution is 5.96. The Morgan fingerprint density at radius 3 is 2.72 bits per heavy atom. The summed E-state index contributed by atoms with van der Waals surface area (Å²) < 4.78 is 14.5. The maximum Gasteiger partial charge on any atom is 0.173 e. The van der Waals surface area contributed by atoms with Crippen molar-refractivity contribution in [1.29, 1.82) is 0 Å². The third-order valence-electron chi connectivity index (χ3n) is 8.63. The molecule has 0 saturated heterocycles. The van der Waals surface area contributed by atoms with E-state index in [9.17, 15) is 9.18 Å². The van der Waals surface area contributed by atoms with Crippen LogP contribution in [0.4, 0.5) is 4.39 Å². The van der Waals surface area contributed by atoms with Crippen LogP contribution < -0.4 is 5.73 Å². The number of nitrogens with two attached hydrogens (primary N) is 1. The van der Waals surface area contributed by atoms with Crippen molar-refractivity contribution >= 4 is 17.2 Å². The van der Waals surface area contributed by atoms with Crippen LogP contribution in [0.3, 0.4) is 0 Å². The second-order valence-corrected chi connectivity index (χ2v) is 9.91. The van der Waals surface area contributed by atoms with Gasteiger partial charge in [-0.25, -0.2) is 4.39 Å². The molecule has 5 unspecified atom stereocenters. The predicted molar refractivity (Wildman–Crippen MR) is 109 cm³/mol. The summed E-state index contributed by atoms with van der Waals surface area (Å²) in [6.45, 7) is 5.24. The van der Waals surface area contributed by atoms with E-state index in [2.05, 4.69) is 17.2 Å². The van der Waals surface area contributed by atoms with Crippen molar-refractivity contribution in [2.45, 2.75) is 65.0 Å². The van der Waals surface area contributed by atoms with E-state index in [0.717, 1.165) is 49.9 Å². The first kappa shape index (κ1) is 20.8. The number of ketones is 1. The predicted octanol–water partition coefficient (Wildman–Crippen LogP) is 3.49. The molecule has 0 aromatic carbocycles. The number of carbonyl (C=O) groups excluding carboxylic acids is 1. The molecule has 0 heterocycles. The van der Waals surface area contributed by atoms with Crippen molar-refractivity contribution in [3.05, 3.63) is 0 Å². The van der Waals surface area contributed by atoms with Gasteiger partial charge in [0.2, 0.25) is 0 Å². The van der Waals surface area contributed by atoms with Crippen LogP contribution in [0.25, 0.3) is 0 Å². The van der Waals surface area contributed by atoms with Crippen LogP contribution in [0, 0.1) is 34.5 Å². The Bertz CT molecular complexity index is 726. The monoisotopic (exact) mass is 407 g/mol. The third-order valence-corrected chi connectivity index (χ3v) is 8.63. The van der Waals surface area contributed by atoms with Crippen LogP contribution in [0.15, 0.2) is 10.3 Å². The number of oxime groups is 2. The Labute approximate surface area is 172 Å². The minimum Gasteiger partial charge on any atom is -0.399 e. The lowest BCUT2D eigenvalue weighted by Crippen LogP contribution is -2.56. The molecule has 4 aliphatic rings. The van der Waals surface area contributed by atoms with Crippen LogP contribution in [0.1, 0.15) is 58.8 Å². The van der Waals surface area contributed by atoms with Crippen molar-refractivity contribution in [2.24, 2.45) is 50.5 Å². The summed E-state index contributed by atoms with van der Waals surface area (Å²) in [6, 6.07) is 0. The number of rotatable bonds is 4. The molecule has 162 valence electrons. The van der Waals surface area contributed by atoms with Crippen molar-refractivity contribution in [3.63, 3.8) is 0 Å². The number of nitrogens with zero attached hydrogens (tertiary/aromatic N) is 2. The molecule has 4 saturated carbocycles. The van der Waals surface area contributed by atoms with Gasteiger partial charge in [-0.2, -0.15) is 0 Å². The van der Waals surface area contributed by atoms with Gasteiger partial charge in [0.05, 0.1) is 11.4 Å². The number of fused-ring (bicyclic) bond motifs is 5. The maximum atomic E-state index is 14.5. The fourth-order valence-electron chi connectivity index (χ4n) is 7.11. The molecule has 0 aromatic heterocycles. The SMILES string of the molecule is CON=C1CC2C(CC[C@]3(C)C(=O)C(F)CC23)[C@@]2(C)CCC(=NOCCN)CC12. The Morgan fingerprint density at radius 2 is 2.00 bits per heavy atom. The quantitative estimate of drug-likeness (QED) is 0.571. The summed E-state index contributed by atoms with van der Waals surface area (Å²) in [6.07, 6.45) is 4.36. The van der Waals surface area contributed by atoms with Gasteiger partial charge in [-0.05, 0) is 68.1 Å². The molecule has 7 atom stereocenters. The van der Waals surface area contributed by atoms with E-state index in [4.69, 9.17) is 15.4 Å². The average Bonchev–Trinajstić information content (AvgIpc) is 2.93. The molecule has 0 amide bonds. The first-order valence-corrected chi connectivity index (χ1v) is 11.0. The number of carbonyl (C=O) groups is 1. The lowest BCUT2D eigenvalue weighted by atomic mass is 9.45. The molecule has 4 rings (SSSR count). The highest BCUT2D eigenvalue weighted by Gasteiger charge is 2.63. The van der Waals surface area contributed by atoms with E-state index >= 15 is 0 Å². The van der Waals surface area contributed by atoms with Crippen molar-refractivity contribution in [3.8, 4) is 0 Å². The molecule has 0 aromatic rings. The molecular weight excluding hydrogens is 373 g/mol. The molecule has 29 heavy (non-hydrogen) atoms. The van der Waals surface area contributed by atoms with E-state index in [0.29, 0.717) is 31.4 Å². The lowest BCUT2D eigenvalue weighted by Gasteiger charge is -2.59. The van der Waals surface area contributed by atoms with Crippen LogP contribution >= 0.6 is 0 Å². The fraction of sp³-hybridized carbons (Fsp3) is 0.864. The molecule has 2 N–H and O–H groups in total. The number of hydrogen-bond donors (Lipinski definition) is 1. The van der Waals surface area contributed by atoms with Gasteiger partial charge in [0, 0.05) is 17.9 Å². The Hall–Kier alpha value is -1.50. The molecular formula is C22H34FN3O3. The van der Waals surface area contributed by atoms with Crippen LogP contribution in [-0.2, 0) is 14.5 Å². The average molecular weight is 408 g/mol. The molecule has 0 aliphatic heterocycles. The second kappa shape index (κ2) is 7.64. The first-order valence-electron chi connectivity index (χ1n) is 11.0. The van der Waals surface area contributed by atoms with E-state index in [1.165, 1.54) is 0 Å². The summed E-state index contributed by atoms with van der Waals surface area (Å²) in [5.74, 6) is 0.951. The molecule has 6 nitrogen and oxygen atoms in total. The maximum absolute atomic E-state index is 14.5. The number of alkyl halides is 1. The Morgan fingerprint density at radius 1 is 1.21 bits per heavy atom. The summed E-state index contributed by atoms with van der Waals surface area (Å²) >= 11 is 0. The zero-order chi connectivity index (χ0) is 20.8. The van der Waals surface area contributed by atoms with Crippen LogP contribution in [0.2, 0.25) is 0 Å². The summed E-state index contributed by atoms with van der Waals surface area (Å²) in [7, 11) is 1.58. The normalized spacial score (nSPS) is 46.9. The van der Waals surface area contributed by atoms with Crippen molar-refractivity contribution < 1.29 is 18.9 Å². The van der Waals surface area contributed by atoms with Gasteiger partial charge in [0.25, 0.3) is 0 Å². The lowest BCUT2D eigenvalue weighted by molar-refractivity contribution is -0.135. The van der Waals surface area contributed by atoms with Crippen LogP contribution in [-0.4, -0.2) is 43.6 Å². The topological polar surface area (TPSA) is 86.3 Å². The van der Waals surface area contributed by atoms with E-state index in [-0.39, 0.29) is 23.0 Å². The number of halogens is 1. The molecule has 4 aliphatic carbocycles. The van der Waals surface area contributed by atoms with Gasteiger partial charge < -0.3 is 15.4 Å². The third kappa shape index (κ3) is 3.20. The van der Waals surface area contributed by atoms with Gasteiger partial charge >= 0.3 is 0 Å². The Kier molecular flexibility index (Phi) is 5.47. The summed E-state index contributed by atoms with van der Waals surface area (Å²) in [4.78, 5) is 23.2. The molecule has 0 spiro atoms. The van der Waals surface area contributed by atoms with E-state index in [1.54, 1.807) is 7.11 Å². The molecule has 0 radical (unpaired) electrons.